The van der Waals surface area contributed by atoms with Crippen LogP contribution in [0, 0.1) is 5.92 Å². The van der Waals surface area contributed by atoms with Crippen LogP contribution < -0.4 is 10.1 Å². The number of rotatable bonds is 8. The van der Waals surface area contributed by atoms with E-state index in [1.807, 2.05) is 6.92 Å². The van der Waals surface area contributed by atoms with Crippen molar-refractivity contribution in [2.75, 3.05) is 32.8 Å². The van der Waals surface area contributed by atoms with Gasteiger partial charge in [-0.3, -0.25) is 0 Å². The molecule has 5 nitrogen and oxygen atoms in total. The second kappa shape index (κ2) is 10.3. The Bertz CT molecular complexity index is 606. The first-order chi connectivity index (χ1) is 11.4. The maximum Gasteiger partial charge on any atom is 0.272 e. The van der Waals surface area contributed by atoms with Crippen molar-refractivity contribution in [3.05, 3.63) is 24.3 Å². The fourth-order valence-corrected chi connectivity index (χ4v) is 4.19. The normalized spacial score (nSPS) is 16.6. The van der Waals surface area contributed by atoms with Crippen LogP contribution in [-0.2, 0) is 10.0 Å². The molecule has 1 saturated heterocycles. The van der Waals surface area contributed by atoms with Gasteiger partial charge in [0.05, 0.1) is 4.90 Å². The number of nitrogens with one attached hydrogen (secondary N) is 1. The summed E-state index contributed by atoms with van der Waals surface area (Å²) in [5, 5.41) is 3.29. The first kappa shape index (κ1) is 22.1. The lowest BCUT2D eigenvalue weighted by molar-refractivity contribution is 0.0819. The second-order valence-electron chi connectivity index (χ2n) is 5.83. The molecule has 0 unspecified atom stereocenters. The fraction of sp³-hybridized carbons (Fsp3) is 0.625. The standard InChI is InChI=1S/C16H24F2N2O3S.ClH/c1-2-19-11-13-7-9-20(10-8-13)24(21,22)15-5-3-14(4-6-15)23-12-16(17)18;/h3-6,13,16,19H,2,7-12H2,1H3;1H. The van der Waals surface area contributed by atoms with E-state index >= 15 is 0 Å². The zero-order chi connectivity index (χ0) is 17.6. The Morgan fingerprint density at radius 2 is 1.84 bits per heavy atom. The molecule has 1 aromatic rings. The molecule has 0 aliphatic carbocycles. The van der Waals surface area contributed by atoms with Gasteiger partial charge in [0.15, 0.2) is 0 Å². The molecular formula is C16H25ClF2N2O3S. The Hall–Kier alpha value is -0.960. The number of nitrogens with zero attached hydrogens (tertiary/aromatic N) is 1. The Balaban J connectivity index is 0.00000312. The summed E-state index contributed by atoms with van der Waals surface area (Å²) in [5.41, 5.74) is 0. The number of ether oxygens (including phenoxy) is 1. The Labute approximate surface area is 154 Å². The van der Waals surface area contributed by atoms with Crippen LogP contribution in [0.4, 0.5) is 8.78 Å². The average Bonchev–Trinajstić information content (AvgIpc) is 2.59. The predicted octanol–water partition coefficient (Wildman–Crippen LogP) is 2.76. The van der Waals surface area contributed by atoms with Crippen molar-refractivity contribution < 1.29 is 21.9 Å². The Morgan fingerprint density at radius 3 is 2.36 bits per heavy atom. The lowest BCUT2D eigenvalue weighted by Crippen LogP contribution is -2.40. The molecule has 0 atom stereocenters. The molecule has 1 aromatic carbocycles. The summed E-state index contributed by atoms with van der Waals surface area (Å²) in [7, 11) is -3.54. The zero-order valence-corrected chi connectivity index (χ0v) is 15.8. The average molecular weight is 399 g/mol. The molecule has 1 aliphatic heterocycles. The number of sulfonamides is 1. The minimum atomic E-state index is -3.54. The van der Waals surface area contributed by atoms with Gasteiger partial charge in [0.2, 0.25) is 10.0 Å². The van der Waals surface area contributed by atoms with Crippen LogP contribution in [0.15, 0.2) is 29.2 Å². The Morgan fingerprint density at radius 1 is 1.24 bits per heavy atom. The zero-order valence-electron chi connectivity index (χ0n) is 14.2. The van der Waals surface area contributed by atoms with Gasteiger partial charge in [0.1, 0.15) is 12.4 Å². The van der Waals surface area contributed by atoms with E-state index in [1.165, 1.54) is 28.6 Å². The number of hydrogen-bond acceptors (Lipinski definition) is 4. The van der Waals surface area contributed by atoms with Gasteiger partial charge in [0.25, 0.3) is 6.43 Å². The summed E-state index contributed by atoms with van der Waals surface area (Å²) < 4.78 is 55.8. The smallest absolute Gasteiger partial charge is 0.272 e. The number of alkyl halides is 2. The molecule has 0 bridgehead atoms. The van der Waals surface area contributed by atoms with Crippen LogP contribution in [0.3, 0.4) is 0 Å². The highest BCUT2D eigenvalue weighted by molar-refractivity contribution is 7.89. The minimum absolute atomic E-state index is 0. The predicted molar refractivity (Wildman–Crippen MR) is 95.2 cm³/mol. The van der Waals surface area contributed by atoms with Gasteiger partial charge in [-0.1, -0.05) is 6.92 Å². The molecule has 1 N–H and O–H groups in total. The summed E-state index contributed by atoms with van der Waals surface area (Å²) in [5.74, 6) is 0.736. The largest absolute Gasteiger partial charge is 0.488 e. The van der Waals surface area contributed by atoms with Crippen molar-refractivity contribution >= 4 is 22.4 Å². The van der Waals surface area contributed by atoms with Crippen molar-refractivity contribution in [1.82, 2.24) is 9.62 Å². The highest BCUT2D eigenvalue weighted by Gasteiger charge is 2.29. The van der Waals surface area contributed by atoms with Crippen LogP contribution in [0.5, 0.6) is 5.75 Å². The fourth-order valence-electron chi connectivity index (χ4n) is 2.72. The third-order valence-corrected chi connectivity index (χ3v) is 6.01. The van der Waals surface area contributed by atoms with Gasteiger partial charge in [0, 0.05) is 13.1 Å². The molecule has 0 spiro atoms. The highest BCUT2D eigenvalue weighted by Crippen LogP contribution is 2.25. The monoisotopic (exact) mass is 398 g/mol. The van der Waals surface area contributed by atoms with E-state index in [9.17, 15) is 17.2 Å². The van der Waals surface area contributed by atoms with Crippen molar-refractivity contribution in [3.8, 4) is 5.75 Å². The highest BCUT2D eigenvalue weighted by atomic mass is 35.5. The van der Waals surface area contributed by atoms with Crippen LogP contribution in [0.2, 0.25) is 0 Å². The van der Waals surface area contributed by atoms with E-state index in [1.54, 1.807) is 0 Å². The van der Waals surface area contributed by atoms with Crippen molar-refractivity contribution in [2.45, 2.75) is 31.1 Å². The van der Waals surface area contributed by atoms with Gasteiger partial charge in [-0.2, -0.15) is 4.31 Å². The van der Waals surface area contributed by atoms with Crippen LogP contribution in [0.1, 0.15) is 19.8 Å². The molecule has 0 saturated carbocycles. The minimum Gasteiger partial charge on any atom is -0.488 e. The van der Waals surface area contributed by atoms with Crippen LogP contribution in [0.25, 0.3) is 0 Å². The lowest BCUT2D eigenvalue weighted by Gasteiger charge is -2.31. The third-order valence-electron chi connectivity index (χ3n) is 4.09. The van der Waals surface area contributed by atoms with Crippen molar-refractivity contribution in [3.63, 3.8) is 0 Å². The number of piperidine rings is 1. The molecule has 1 fully saturated rings. The van der Waals surface area contributed by atoms with E-state index in [4.69, 9.17) is 4.74 Å². The SMILES string of the molecule is CCNCC1CCN(S(=O)(=O)c2ccc(OCC(F)F)cc2)CC1.Cl. The molecule has 0 aromatic heterocycles. The molecule has 1 heterocycles. The summed E-state index contributed by atoms with van der Waals surface area (Å²) in [6.07, 6.45) is -0.888. The van der Waals surface area contributed by atoms with Crippen molar-refractivity contribution in [2.24, 2.45) is 5.92 Å². The van der Waals surface area contributed by atoms with Gasteiger partial charge in [-0.15, -0.1) is 12.4 Å². The number of benzene rings is 1. The maximum absolute atomic E-state index is 12.6. The summed E-state index contributed by atoms with van der Waals surface area (Å²) in [6.45, 7) is 4.18. The van der Waals surface area contributed by atoms with E-state index in [0.717, 1.165) is 25.9 Å². The van der Waals surface area contributed by atoms with Crippen molar-refractivity contribution in [1.29, 1.82) is 0 Å². The summed E-state index contributed by atoms with van der Waals surface area (Å²) in [4.78, 5) is 0.164. The van der Waals surface area contributed by atoms with E-state index in [0.29, 0.717) is 19.0 Å². The van der Waals surface area contributed by atoms with Gasteiger partial charge in [-0.25, -0.2) is 17.2 Å². The molecule has 144 valence electrons. The molecule has 2 rings (SSSR count). The topological polar surface area (TPSA) is 58.6 Å². The molecule has 0 radical (unpaired) electrons. The first-order valence-corrected chi connectivity index (χ1v) is 9.59. The third kappa shape index (κ3) is 6.36. The van der Waals surface area contributed by atoms with E-state index < -0.39 is 23.1 Å². The van der Waals surface area contributed by atoms with Gasteiger partial charge < -0.3 is 10.1 Å². The van der Waals surface area contributed by atoms with Crippen LogP contribution >= 0.6 is 12.4 Å². The quantitative estimate of drug-likeness (QED) is 0.731. The molecular weight excluding hydrogens is 374 g/mol. The van der Waals surface area contributed by atoms with Crippen LogP contribution in [-0.4, -0.2) is 51.9 Å². The summed E-state index contributed by atoms with van der Waals surface area (Å²) in [6, 6.07) is 5.63. The molecule has 1 aliphatic rings. The summed E-state index contributed by atoms with van der Waals surface area (Å²) >= 11 is 0. The second-order valence-corrected chi connectivity index (χ2v) is 7.77. The van der Waals surface area contributed by atoms with Gasteiger partial charge >= 0.3 is 0 Å². The number of halogens is 3. The maximum atomic E-state index is 12.6. The molecule has 9 heteroatoms. The number of hydrogen-bond donors (Lipinski definition) is 1. The van der Waals surface area contributed by atoms with E-state index in [-0.39, 0.29) is 23.1 Å². The van der Waals surface area contributed by atoms with Gasteiger partial charge in [-0.05, 0) is 56.1 Å². The molecule has 0 amide bonds. The van der Waals surface area contributed by atoms with E-state index in [2.05, 4.69) is 5.32 Å². The first-order valence-electron chi connectivity index (χ1n) is 8.15. The molecule has 25 heavy (non-hydrogen) atoms. The Kier molecular flexibility index (Phi) is 9.06. The lowest BCUT2D eigenvalue weighted by atomic mass is 9.98.